The van der Waals surface area contributed by atoms with Crippen LogP contribution in [0.15, 0.2) is 47.2 Å². The number of carbonyl (C=O) groups is 3. The molecule has 9 nitrogen and oxygen atoms in total. The molecule has 1 fully saturated rings. The fraction of sp³-hybridized carbons (Fsp3) is 0.345. The first-order valence-electron chi connectivity index (χ1n) is 12.5. The van der Waals surface area contributed by atoms with Crippen LogP contribution in [0.3, 0.4) is 0 Å². The maximum absolute atomic E-state index is 13.7. The van der Waals surface area contributed by atoms with Crippen molar-refractivity contribution in [1.82, 2.24) is 0 Å². The van der Waals surface area contributed by atoms with Crippen LogP contribution in [-0.2, 0) is 27.3 Å². The number of carbonyl (C=O) groups excluding carboxylic acids is 3. The third kappa shape index (κ3) is 3.49. The third-order valence-corrected chi connectivity index (χ3v) is 8.16. The topological polar surface area (TPSA) is 161 Å². The smallest absolute Gasteiger partial charge is 0.202 e. The molecular weight excluding hydrogens is 488 g/mol. The van der Waals surface area contributed by atoms with Crippen molar-refractivity contribution in [3.05, 3.63) is 63.9 Å². The van der Waals surface area contributed by atoms with Crippen molar-refractivity contribution in [1.29, 1.82) is 0 Å². The number of nitrogens with two attached hydrogens (primary N) is 1. The van der Waals surface area contributed by atoms with E-state index in [9.17, 15) is 34.8 Å². The van der Waals surface area contributed by atoms with Crippen molar-refractivity contribution in [2.75, 3.05) is 19.0 Å². The summed E-state index contributed by atoms with van der Waals surface area (Å²) in [6, 6.07) is 9.51. The highest BCUT2D eigenvalue weighted by molar-refractivity contribution is 6.23. The minimum absolute atomic E-state index is 0.0263. The van der Waals surface area contributed by atoms with E-state index in [1.807, 2.05) is 43.3 Å². The lowest BCUT2D eigenvalue weighted by Gasteiger charge is -2.46. The molecule has 9 heteroatoms. The van der Waals surface area contributed by atoms with E-state index in [-0.39, 0.29) is 42.7 Å². The Bertz CT molecular complexity index is 1470. The zero-order chi connectivity index (χ0) is 27.7. The van der Waals surface area contributed by atoms with Gasteiger partial charge in [0.05, 0.1) is 5.56 Å². The van der Waals surface area contributed by atoms with E-state index < -0.39 is 51.9 Å². The van der Waals surface area contributed by atoms with Gasteiger partial charge in [0, 0.05) is 49.8 Å². The summed E-state index contributed by atoms with van der Waals surface area (Å²) in [7, 11) is 3.86. The summed E-state index contributed by atoms with van der Waals surface area (Å²) in [5.41, 5.74) is 6.26. The summed E-state index contributed by atoms with van der Waals surface area (Å²) in [4.78, 5) is 40.4. The van der Waals surface area contributed by atoms with Crippen LogP contribution >= 0.6 is 0 Å². The average Bonchev–Trinajstić information content (AvgIpc) is 2.86. The predicted octanol–water partition coefficient (Wildman–Crippen LogP) is 2.72. The first-order valence-corrected chi connectivity index (χ1v) is 12.5. The second-order valence-electron chi connectivity index (χ2n) is 10.5. The molecule has 198 valence electrons. The van der Waals surface area contributed by atoms with Crippen LogP contribution in [0.25, 0.3) is 16.9 Å². The molecule has 5 rings (SSSR count). The zero-order valence-corrected chi connectivity index (χ0v) is 21.4. The zero-order valence-electron chi connectivity index (χ0n) is 21.4. The molecule has 38 heavy (non-hydrogen) atoms. The van der Waals surface area contributed by atoms with Crippen LogP contribution < -0.4 is 10.6 Å². The number of hydrogen-bond donors (Lipinski definition) is 5. The molecule has 0 amide bonds. The molecule has 0 aromatic heterocycles. The number of Topliss-reactive ketones (excluding diaryl/α,β-unsaturated/α-hetero) is 3. The first-order chi connectivity index (χ1) is 17.9. The molecule has 0 bridgehead atoms. The lowest BCUT2D eigenvalue weighted by atomic mass is 9.59. The lowest BCUT2D eigenvalue weighted by molar-refractivity contribution is -0.147. The van der Waals surface area contributed by atoms with Gasteiger partial charge in [0.1, 0.15) is 22.8 Å². The number of phenolic OH excluding ortho intramolecular Hbond substituents is 1. The summed E-state index contributed by atoms with van der Waals surface area (Å²) in [5, 5.41) is 44.7. The highest BCUT2D eigenvalue weighted by Crippen LogP contribution is 2.53. The van der Waals surface area contributed by atoms with Gasteiger partial charge in [-0.3, -0.25) is 14.4 Å². The summed E-state index contributed by atoms with van der Waals surface area (Å²) in [6.45, 7) is 1.05. The quantitative estimate of drug-likeness (QED) is 0.383. The average molecular weight is 519 g/mol. The number of aliphatic hydroxyl groups excluding tert-OH is 2. The van der Waals surface area contributed by atoms with E-state index in [1.165, 1.54) is 0 Å². The van der Waals surface area contributed by atoms with Gasteiger partial charge in [-0.25, -0.2) is 0 Å². The Morgan fingerprint density at radius 2 is 1.76 bits per heavy atom. The SMILES string of the molecule is CC(=O)C1=C(O)[C@@]2(O)C(=O)C3=C(O)c4c(O)c(CN)cc(-c5ccc(N(C)C)cc5)c4C[C@H]3C[C@H]2CC1=O. The van der Waals surface area contributed by atoms with Crippen molar-refractivity contribution in [3.8, 4) is 16.9 Å². The highest BCUT2D eigenvalue weighted by atomic mass is 16.3. The number of phenols is 1. The van der Waals surface area contributed by atoms with Gasteiger partial charge in [-0.2, -0.15) is 0 Å². The normalized spacial score (nSPS) is 24.7. The maximum Gasteiger partial charge on any atom is 0.202 e. The van der Waals surface area contributed by atoms with Gasteiger partial charge >= 0.3 is 0 Å². The van der Waals surface area contributed by atoms with Crippen molar-refractivity contribution in [2.45, 2.75) is 38.3 Å². The van der Waals surface area contributed by atoms with Gasteiger partial charge in [0.25, 0.3) is 0 Å². The van der Waals surface area contributed by atoms with Crippen LogP contribution in [0.1, 0.15) is 36.5 Å². The minimum Gasteiger partial charge on any atom is -0.508 e. The molecule has 0 unspecified atom stereocenters. The van der Waals surface area contributed by atoms with Crippen molar-refractivity contribution < 1.29 is 34.8 Å². The molecule has 0 heterocycles. The van der Waals surface area contributed by atoms with E-state index in [0.717, 1.165) is 23.7 Å². The van der Waals surface area contributed by atoms with E-state index >= 15 is 0 Å². The van der Waals surface area contributed by atoms with Gasteiger partial charge in [-0.1, -0.05) is 12.1 Å². The number of hydrogen-bond acceptors (Lipinski definition) is 9. The Balaban J connectivity index is 1.72. The number of benzene rings is 2. The molecule has 3 atom stereocenters. The summed E-state index contributed by atoms with van der Waals surface area (Å²) in [6.07, 6.45) is 0.0732. The van der Waals surface area contributed by atoms with Crippen LogP contribution in [0, 0.1) is 11.8 Å². The molecule has 1 saturated carbocycles. The molecule has 0 spiro atoms. The Kier molecular flexibility index (Phi) is 5.96. The number of fused-ring (bicyclic) bond motifs is 3. The number of allylic oxidation sites excluding steroid dienone is 1. The van der Waals surface area contributed by atoms with Gasteiger partial charge < -0.3 is 31.1 Å². The first kappa shape index (κ1) is 25.7. The summed E-state index contributed by atoms with van der Waals surface area (Å²) < 4.78 is 0. The summed E-state index contributed by atoms with van der Waals surface area (Å²) >= 11 is 0. The number of rotatable bonds is 4. The van der Waals surface area contributed by atoms with E-state index in [4.69, 9.17) is 5.73 Å². The fourth-order valence-electron chi connectivity index (χ4n) is 6.21. The second-order valence-corrected chi connectivity index (χ2v) is 10.5. The number of nitrogens with zero attached hydrogens (tertiary/aromatic N) is 1. The molecular formula is C29H30N2O7. The van der Waals surface area contributed by atoms with Crippen LogP contribution in [0.5, 0.6) is 5.75 Å². The summed E-state index contributed by atoms with van der Waals surface area (Å²) in [5.74, 6) is -5.63. The highest BCUT2D eigenvalue weighted by Gasteiger charge is 2.60. The maximum atomic E-state index is 13.7. The number of aliphatic hydroxyl groups is 3. The fourth-order valence-corrected chi connectivity index (χ4v) is 6.21. The van der Waals surface area contributed by atoms with Crippen molar-refractivity contribution in [3.63, 3.8) is 0 Å². The van der Waals surface area contributed by atoms with E-state index in [1.54, 1.807) is 6.07 Å². The number of aromatic hydroxyl groups is 1. The molecule has 0 saturated heterocycles. The predicted molar refractivity (Wildman–Crippen MR) is 141 cm³/mol. The Morgan fingerprint density at radius 1 is 1.11 bits per heavy atom. The van der Waals surface area contributed by atoms with Gasteiger partial charge in [-0.05, 0) is 60.6 Å². The van der Waals surface area contributed by atoms with Gasteiger partial charge in [0.2, 0.25) is 5.78 Å². The molecule has 0 radical (unpaired) electrons. The van der Waals surface area contributed by atoms with Crippen LogP contribution in [-0.4, -0.2) is 57.5 Å². The van der Waals surface area contributed by atoms with E-state index in [0.29, 0.717) is 11.1 Å². The van der Waals surface area contributed by atoms with Gasteiger partial charge in [0.15, 0.2) is 17.2 Å². The lowest BCUT2D eigenvalue weighted by Crippen LogP contribution is -2.57. The number of anilines is 1. The molecule has 0 aliphatic heterocycles. The van der Waals surface area contributed by atoms with Crippen LogP contribution in [0.2, 0.25) is 0 Å². The molecule has 2 aromatic rings. The van der Waals surface area contributed by atoms with Crippen molar-refractivity contribution in [2.24, 2.45) is 17.6 Å². The molecule has 3 aliphatic rings. The van der Waals surface area contributed by atoms with E-state index in [2.05, 4.69) is 0 Å². The number of ketones is 3. The van der Waals surface area contributed by atoms with Crippen LogP contribution in [0.4, 0.5) is 5.69 Å². The second kappa shape index (κ2) is 8.82. The van der Waals surface area contributed by atoms with Gasteiger partial charge in [-0.15, -0.1) is 0 Å². The Labute approximate surface area is 219 Å². The Morgan fingerprint density at radius 3 is 2.34 bits per heavy atom. The third-order valence-electron chi connectivity index (χ3n) is 8.16. The Hall–Kier alpha value is -3.95. The minimum atomic E-state index is -2.52. The van der Waals surface area contributed by atoms with Crippen molar-refractivity contribution >= 4 is 28.8 Å². The molecule has 6 N–H and O–H groups in total. The largest absolute Gasteiger partial charge is 0.508 e. The molecule has 3 aliphatic carbocycles. The monoisotopic (exact) mass is 518 g/mol. The standard InChI is InChI=1S/C29H30N2O7/c1-13(32)22-21(33)11-17-8-15-9-20-19(14-4-6-18(7-5-14)31(2)3)10-16(12-30)25(34)24(20)26(35)23(15)28(37)29(17,38)27(22)36/h4-7,10,15,17,34-36,38H,8-9,11-12,30H2,1-3H3/t15-,17+,29-/m1/s1. The molecule has 2 aromatic carbocycles.